The first-order valence-corrected chi connectivity index (χ1v) is 19.2. The molecule has 0 aromatic carbocycles. The van der Waals surface area contributed by atoms with Crippen molar-refractivity contribution in [2.45, 2.75) is 194 Å². The topological polar surface area (TPSA) is 60.4 Å². The summed E-state index contributed by atoms with van der Waals surface area (Å²) < 4.78 is 4.86. The summed E-state index contributed by atoms with van der Waals surface area (Å²) in [4.78, 5) is 37.5. The van der Waals surface area contributed by atoms with Crippen LogP contribution in [-0.2, 0) is 19.1 Å². The molecule has 0 aromatic rings. The van der Waals surface area contributed by atoms with E-state index in [1.165, 1.54) is 116 Å². The minimum Gasteiger partial charge on any atom is -0.451 e. The van der Waals surface area contributed by atoms with E-state index >= 15 is 0 Å². The number of carbonyl (C=O) groups excluding carboxylic acids is 3. The second-order valence-electron chi connectivity index (χ2n) is 13.6. The number of rotatable bonds is 32. The van der Waals surface area contributed by atoms with Gasteiger partial charge in [-0.05, 0) is 64.2 Å². The van der Waals surface area contributed by atoms with E-state index in [4.69, 9.17) is 4.74 Å². The lowest BCUT2D eigenvalue weighted by atomic mass is 10.1. The van der Waals surface area contributed by atoms with Crippen LogP contribution < -0.4 is 0 Å². The fourth-order valence-electron chi connectivity index (χ4n) is 5.48. The van der Waals surface area contributed by atoms with Crippen LogP contribution in [0.4, 0.5) is 0 Å². The number of ether oxygens (including phenoxy) is 1. The number of allylic oxidation sites excluding steroid dienone is 4. The molecule has 45 heavy (non-hydrogen) atoms. The number of hydrogen-bond donors (Lipinski definition) is 0. The van der Waals surface area contributed by atoms with Gasteiger partial charge in [0.1, 0.15) is 0 Å². The smallest absolute Gasteiger partial charge is 0.358 e. The third-order valence-electron chi connectivity index (χ3n) is 8.90. The third-order valence-corrected chi connectivity index (χ3v) is 8.90. The van der Waals surface area contributed by atoms with Crippen LogP contribution in [0.3, 0.4) is 0 Å². The first kappa shape index (κ1) is 43.2. The molecule has 0 saturated heterocycles. The average molecular weight is 633 g/mol. The van der Waals surface area contributed by atoms with Crippen molar-refractivity contribution in [1.29, 1.82) is 0 Å². The number of quaternary nitrogens is 1. The Hall–Kier alpha value is -1.75. The fourth-order valence-corrected chi connectivity index (χ4v) is 5.48. The van der Waals surface area contributed by atoms with Crippen molar-refractivity contribution in [3.05, 3.63) is 24.3 Å². The van der Waals surface area contributed by atoms with Gasteiger partial charge < -0.3 is 4.74 Å². The van der Waals surface area contributed by atoms with Crippen molar-refractivity contribution < 1.29 is 23.6 Å². The van der Waals surface area contributed by atoms with Crippen LogP contribution in [0.2, 0.25) is 0 Å². The summed E-state index contributed by atoms with van der Waals surface area (Å²) >= 11 is 0. The van der Waals surface area contributed by atoms with Crippen LogP contribution in [0, 0.1) is 0 Å². The molecule has 0 spiro atoms. The first-order valence-electron chi connectivity index (χ1n) is 19.2. The highest BCUT2D eigenvalue weighted by Gasteiger charge is 2.35. The van der Waals surface area contributed by atoms with E-state index in [1.54, 1.807) is 14.1 Å². The Morgan fingerprint density at radius 1 is 0.444 bits per heavy atom. The Kier molecular flexibility index (Phi) is 30.9. The average Bonchev–Trinajstić information content (AvgIpc) is 3.03. The monoisotopic (exact) mass is 633 g/mol. The van der Waals surface area contributed by atoms with Crippen molar-refractivity contribution in [1.82, 2.24) is 0 Å². The highest BCUT2D eigenvalue weighted by molar-refractivity contribution is 5.86. The second kappa shape index (κ2) is 32.2. The highest BCUT2D eigenvalue weighted by Crippen LogP contribution is 2.14. The van der Waals surface area contributed by atoms with Gasteiger partial charge in [0, 0.05) is 6.42 Å². The van der Waals surface area contributed by atoms with Crippen molar-refractivity contribution in [3.8, 4) is 0 Å². The van der Waals surface area contributed by atoms with E-state index < -0.39 is 0 Å². The van der Waals surface area contributed by atoms with Gasteiger partial charge in [0.15, 0.2) is 0 Å². The summed E-state index contributed by atoms with van der Waals surface area (Å²) in [6, 6.07) is 0. The predicted octanol–water partition coefficient (Wildman–Crippen LogP) is 11.7. The largest absolute Gasteiger partial charge is 0.451 e. The summed E-state index contributed by atoms with van der Waals surface area (Å²) in [5.41, 5.74) is 0. The van der Waals surface area contributed by atoms with Gasteiger partial charge in [-0.15, -0.1) is 0 Å². The maximum atomic E-state index is 12.7. The zero-order chi connectivity index (χ0) is 33.3. The normalized spacial score (nSPS) is 12.0. The van der Waals surface area contributed by atoms with E-state index in [1.807, 2.05) is 0 Å². The van der Waals surface area contributed by atoms with Crippen molar-refractivity contribution in [2.75, 3.05) is 20.7 Å². The van der Waals surface area contributed by atoms with Crippen LogP contribution in [-0.4, -0.2) is 43.0 Å². The van der Waals surface area contributed by atoms with Gasteiger partial charge in [0.2, 0.25) is 6.61 Å². The molecule has 5 nitrogen and oxygen atoms in total. The number of amides is 2. The van der Waals surface area contributed by atoms with Crippen molar-refractivity contribution in [3.63, 3.8) is 0 Å². The fraction of sp³-hybridized carbons (Fsp3) is 0.825. The predicted molar refractivity (Wildman–Crippen MR) is 192 cm³/mol. The Labute approximate surface area is 279 Å². The Morgan fingerprint density at radius 2 is 0.778 bits per heavy atom. The van der Waals surface area contributed by atoms with Crippen LogP contribution in [0.25, 0.3) is 0 Å². The number of unbranched alkanes of at least 4 members (excludes halogenated alkanes) is 22. The number of imide groups is 1. The van der Waals surface area contributed by atoms with Crippen LogP contribution >= 0.6 is 0 Å². The van der Waals surface area contributed by atoms with E-state index in [2.05, 4.69) is 38.2 Å². The minimum absolute atomic E-state index is 0.106. The molecule has 0 N–H and O–H groups in total. The van der Waals surface area contributed by atoms with E-state index in [0.29, 0.717) is 12.8 Å². The van der Waals surface area contributed by atoms with Crippen LogP contribution in [0.15, 0.2) is 24.3 Å². The van der Waals surface area contributed by atoms with Crippen LogP contribution in [0.1, 0.15) is 194 Å². The molecule has 5 heteroatoms. The molecule has 0 unspecified atom stereocenters. The summed E-state index contributed by atoms with van der Waals surface area (Å²) in [5, 5.41) is 0. The molecule has 0 atom stereocenters. The van der Waals surface area contributed by atoms with E-state index in [0.717, 1.165) is 51.4 Å². The molecule has 0 aliphatic carbocycles. The SMILES string of the molecule is CCCCCCCCC=CCCCCCCCC(=O)OCC(=O)[N+](C)(C)C(=O)CCCCCCCC=CCCCCCCCC. The maximum absolute atomic E-state index is 12.7. The Morgan fingerprint density at radius 3 is 1.18 bits per heavy atom. The highest BCUT2D eigenvalue weighted by atomic mass is 16.5. The molecule has 0 fully saturated rings. The van der Waals surface area contributed by atoms with Gasteiger partial charge in [-0.3, -0.25) is 4.79 Å². The van der Waals surface area contributed by atoms with E-state index in [-0.39, 0.29) is 28.9 Å². The number of carbonyl (C=O) groups is 3. The molecule has 0 aliphatic heterocycles. The molecule has 2 amide bonds. The number of nitrogens with zero attached hydrogens (tertiary/aromatic N) is 1. The first-order chi connectivity index (χ1) is 21.9. The molecule has 0 radical (unpaired) electrons. The standard InChI is InChI=1S/C40H74NO4/c1-5-7-9-11-13-15-17-19-21-23-25-27-29-31-33-35-38(42)41(3,4)39(43)37-45-40(44)36-34-32-30-28-26-24-22-20-18-16-14-12-10-8-6-2/h19-22H,5-18,23-37H2,1-4H3/q+1. The maximum Gasteiger partial charge on any atom is 0.358 e. The minimum atomic E-state index is -0.357. The summed E-state index contributed by atoms with van der Waals surface area (Å²) in [6.45, 7) is 4.19. The number of esters is 1. The molecular formula is C40H74NO4+. The lowest BCUT2D eigenvalue weighted by Gasteiger charge is -2.23. The molecule has 0 saturated carbocycles. The summed E-state index contributed by atoms with van der Waals surface area (Å²) in [6.07, 6.45) is 41.5. The van der Waals surface area contributed by atoms with Crippen molar-refractivity contribution >= 4 is 17.8 Å². The molecule has 0 rings (SSSR count). The van der Waals surface area contributed by atoms with Crippen molar-refractivity contribution in [2.24, 2.45) is 0 Å². The lowest BCUT2D eigenvalue weighted by Crippen LogP contribution is -2.52. The zero-order valence-corrected chi connectivity index (χ0v) is 30.4. The molecule has 0 bridgehead atoms. The summed E-state index contributed by atoms with van der Waals surface area (Å²) in [5.74, 6) is -0.803. The molecule has 0 aromatic heterocycles. The molecule has 0 aliphatic rings. The number of likely N-dealkylation sites (N-methyl/N-ethyl adjacent to an activating group) is 1. The Balaban J connectivity index is 3.73. The second-order valence-corrected chi connectivity index (χ2v) is 13.6. The molecule has 0 heterocycles. The molecular weight excluding hydrogens is 558 g/mol. The van der Waals surface area contributed by atoms with Crippen LogP contribution in [0.5, 0.6) is 0 Å². The third kappa shape index (κ3) is 28.2. The summed E-state index contributed by atoms with van der Waals surface area (Å²) in [7, 11) is 3.22. The van der Waals surface area contributed by atoms with Gasteiger partial charge in [0.25, 0.3) is 0 Å². The van der Waals surface area contributed by atoms with Gasteiger partial charge in [0.05, 0.1) is 20.5 Å². The zero-order valence-electron chi connectivity index (χ0n) is 30.4. The Bertz CT molecular complexity index is 770. The number of hydrogen-bond acceptors (Lipinski definition) is 4. The molecule has 262 valence electrons. The van der Waals surface area contributed by atoms with Gasteiger partial charge in [-0.1, -0.05) is 141 Å². The van der Waals surface area contributed by atoms with Gasteiger partial charge in [-0.2, -0.15) is 0 Å². The van der Waals surface area contributed by atoms with E-state index in [9.17, 15) is 14.4 Å². The van der Waals surface area contributed by atoms with Gasteiger partial charge in [-0.25, -0.2) is 14.1 Å². The van der Waals surface area contributed by atoms with Gasteiger partial charge >= 0.3 is 17.8 Å². The quantitative estimate of drug-likeness (QED) is 0.0320. The lowest BCUT2D eigenvalue weighted by molar-refractivity contribution is -0.736.